The van der Waals surface area contributed by atoms with Crippen LogP contribution in [0.4, 0.5) is 32.1 Å². The number of sulfone groups is 1. The Balaban J connectivity index is 1.52. The molecule has 4 aromatic rings. The zero-order valence-electron chi connectivity index (χ0n) is 23.0. The van der Waals surface area contributed by atoms with Crippen molar-refractivity contribution in [3.05, 3.63) is 53.1 Å². The SMILES string of the molecule is Cc1cc(Nc2nc(N(C)c3c(F)cc(S(C)(=O)=O)cc3F)nc(-c3cn(C)c(C4(O)CCC4)n3)c2C2CC2)n[nH]1. The fourth-order valence-corrected chi connectivity index (χ4v) is 5.82. The van der Waals surface area contributed by atoms with Gasteiger partial charge in [0.05, 0.1) is 4.90 Å². The van der Waals surface area contributed by atoms with Crippen molar-refractivity contribution in [1.82, 2.24) is 29.7 Å². The highest BCUT2D eigenvalue weighted by molar-refractivity contribution is 7.90. The van der Waals surface area contributed by atoms with E-state index < -0.39 is 37.7 Å². The highest BCUT2D eigenvalue weighted by Crippen LogP contribution is 2.49. The number of halogens is 2. The van der Waals surface area contributed by atoms with Gasteiger partial charge in [-0.1, -0.05) is 0 Å². The van der Waals surface area contributed by atoms with E-state index in [0.29, 0.717) is 41.7 Å². The summed E-state index contributed by atoms with van der Waals surface area (Å²) in [5.41, 5.74) is 1.07. The van der Waals surface area contributed by atoms with Gasteiger partial charge < -0.3 is 19.9 Å². The molecule has 3 aromatic heterocycles. The minimum Gasteiger partial charge on any atom is -0.382 e. The van der Waals surface area contributed by atoms with Gasteiger partial charge in [0, 0.05) is 43.9 Å². The lowest BCUT2D eigenvalue weighted by Gasteiger charge is -2.35. The van der Waals surface area contributed by atoms with Crippen molar-refractivity contribution < 1.29 is 22.3 Å². The number of H-pyrrole nitrogens is 1. The Kier molecular flexibility index (Phi) is 6.37. The molecule has 2 aliphatic carbocycles. The molecule has 216 valence electrons. The number of aromatic amines is 1. The van der Waals surface area contributed by atoms with E-state index in [2.05, 4.69) is 20.5 Å². The number of rotatable bonds is 8. The highest BCUT2D eigenvalue weighted by Gasteiger charge is 2.41. The monoisotopic (exact) mass is 584 g/mol. The minimum atomic E-state index is -3.84. The second-order valence-corrected chi connectivity index (χ2v) is 13.0. The summed E-state index contributed by atoms with van der Waals surface area (Å²) in [6.45, 7) is 1.86. The molecule has 0 bridgehead atoms. The molecule has 11 nitrogen and oxygen atoms in total. The smallest absolute Gasteiger partial charge is 0.232 e. The lowest BCUT2D eigenvalue weighted by Crippen LogP contribution is -2.36. The lowest BCUT2D eigenvalue weighted by atomic mass is 9.79. The largest absolute Gasteiger partial charge is 0.382 e. The van der Waals surface area contributed by atoms with E-state index >= 15 is 8.78 Å². The summed E-state index contributed by atoms with van der Waals surface area (Å²) in [5, 5.41) is 21.4. The molecule has 6 rings (SSSR count). The van der Waals surface area contributed by atoms with Crippen LogP contribution in [0, 0.1) is 18.6 Å². The Hall–Kier alpha value is -3.91. The third kappa shape index (κ3) is 4.95. The summed E-state index contributed by atoms with van der Waals surface area (Å²) < 4.78 is 56.1. The van der Waals surface area contributed by atoms with Gasteiger partial charge in [-0.25, -0.2) is 27.2 Å². The van der Waals surface area contributed by atoms with Gasteiger partial charge in [0.15, 0.2) is 27.3 Å². The average molecular weight is 585 g/mol. The maximum Gasteiger partial charge on any atom is 0.232 e. The molecule has 2 aliphatic rings. The number of imidazole rings is 1. The summed E-state index contributed by atoms with van der Waals surface area (Å²) in [7, 11) is -0.621. The number of hydrogen-bond donors (Lipinski definition) is 3. The van der Waals surface area contributed by atoms with E-state index in [0.717, 1.165) is 53.8 Å². The molecule has 14 heteroatoms. The molecule has 0 amide bonds. The fourth-order valence-electron chi connectivity index (χ4n) is 5.19. The summed E-state index contributed by atoms with van der Waals surface area (Å²) in [5.74, 6) is -0.620. The van der Waals surface area contributed by atoms with Crippen LogP contribution in [0.1, 0.15) is 55.1 Å². The first-order valence-electron chi connectivity index (χ1n) is 13.2. The Morgan fingerprint density at radius 2 is 1.83 bits per heavy atom. The Morgan fingerprint density at radius 1 is 1.15 bits per heavy atom. The third-order valence-corrected chi connectivity index (χ3v) is 8.73. The minimum absolute atomic E-state index is 0.0429. The molecular weight excluding hydrogens is 554 g/mol. The van der Waals surface area contributed by atoms with E-state index in [1.54, 1.807) is 16.8 Å². The van der Waals surface area contributed by atoms with Gasteiger partial charge >= 0.3 is 0 Å². The van der Waals surface area contributed by atoms with Gasteiger partial charge in [-0.2, -0.15) is 10.1 Å². The van der Waals surface area contributed by atoms with Crippen molar-refractivity contribution in [2.24, 2.45) is 7.05 Å². The van der Waals surface area contributed by atoms with Gasteiger partial charge in [-0.3, -0.25) is 5.10 Å². The molecule has 41 heavy (non-hydrogen) atoms. The second-order valence-electron chi connectivity index (χ2n) is 11.0. The summed E-state index contributed by atoms with van der Waals surface area (Å²) in [4.78, 5) is 14.9. The molecule has 0 unspecified atom stereocenters. The Labute approximate surface area is 235 Å². The van der Waals surface area contributed by atoms with Gasteiger partial charge in [0.25, 0.3) is 0 Å². The van der Waals surface area contributed by atoms with Crippen LogP contribution < -0.4 is 10.2 Å². The number of benzene rings is 1. The molecule has 2 fully saturated rings. The van der Waals surface area contributed by atoms with Crippen LogP contribution >= 0.6 is 0 Å². The van der Waals surface area contributed by atoms with E-state index in [1.807, 2.05) is 14.0 Å². The number of aryl methyl sites for hydroxylation is 2. The number of nitrogens with one attached hydrogen (secondary N) is 2. The maximum atomic E-state index is 15.2. The fraction of sp³-hybridized carbons (Fsp3) is 0.407. The van der Waals surface area contributed by atoms with Crippen molar-refractivity contribution >= 4 is 33.1 Å². The average Bonchev–Trinajstić information content (AvgIpc) is 3.52. The summed E-state index contributed by atoms with van der Waals surface area (Å²) >= 11 is 0. The lowest BCUT2D eigenvalue weighted by molar-refractivity contribution is -0.0487. The quantitative estimate of drug-likeness (QED) is 0.276. The number of anilines is 4. The normalized spacial score (nSPS) is 16.5. The molecule has 0 radical (unpaired) electrons. The van der Waals surface area contributed by atoms with Crippen LogP contribution in [0.15, 0.2) is 29.3 Å². The predicted octanol–water partition coefficient (Wildman–Crippen LogP) is 4.35. The molecule has 2 saturated carbocycles. The highest BCUT2D eigenvalue weighted by atomic mass is 32.2. The first-order valence-corrected chi connectivity index (χ1v) is 15.1. The molecular formula is C27H30F2N8O3S. The molecule has 0 saturated heterocycles. The Bertz CT molecular complexity index is 1750. The van der Waals surface area contributed by atoms with Crippen molar-refractivity contribution in [3.63, 3.8) is 0 Å². The molecule has 1 aromatic carbocycles. The topological polar surface area (TPSA) is 142 Å². The van der Waals surface area contributed by atoms with Gasteiger partial charge in [-0.15, -0.1) is 0 Å². The van der Waals surface area contributed by atoms with Crippen molar-refractivity contribution in [2.75, 3.05) is 23.5 Å². The van der Waals surface area contributed by atoms with Gasteiger partial charge in [-0.05, 0) is 57.1 Å². The van der Waals surface area contributed by atoms with Crippen molar-refractivity contribution in [3.8, 4) is 11.4 Å². The first-order chi connectivity index (χ1) is 19.3. The Morgan fingerprint density at radius 3 is 2.37 bits per heavy atom. The van der Waals surface area contributed by atoms with Crippen LogP contribution in [0.2, 0.25) is 0 Å². The maximum absolute atomic E-state index is 15.2. The summed E-state index contributed by atoms with van der Waals surface area (Å²) in [6.07, 6.45) is 6.59. The van der Waals surface area contributed by atoms with E-state index in [9.17, 15) is 13.5 Å². The molecule has 3 N–H and O–H groups in total. The predicted molar refractivity (Wildman–Crippen MR) is 148 cm³/mol. The number of nitrogens with zero attached hydrogens (tertiary/aromatic N) is 6. The van der Waals surface area contributed by atoms with Crippen LogP contribution in [0.3, 0.4) is 0 Å². The number of aliphatic hydroxyl groups is 1. The molecule has 3 heterocycles. The van der Waals surface area contributed by atoms with Crippen molar-refractivity contribution in [1.29, 1.82) is 0 Å². The van der Waals surface area contributed by atoms with E-state index in [1.165, 1.54) is 7.05 Å². The molecule has 0 atom stereocenters. The van der Waals surface area contributed by atoms with E-state index in [-0.39, 0.29) is 11.9 Å². The van der Waals surface area contributed by atoms with Crippen LogP contribution in [0.5, 0.6) is 0 Å². The van der Waals surface area contributed by atoms with Gasteiger partial charge in [0.2, 0.25) is 5.95 Å². The van der Waals surface area contributed by atoms with Crippen LogP contribution in [-0.4, -0.2) is 56.5 Å². The number of aromatic nitrogens is 6. The second kappa shape index (κ2) is 9.58. The standard InChI is InChI=1S/C27H30F2N8O3S/c1-14-10-20(35-34-14)31-24-21(15-6-7-15)22(19-13-36(2)25(30-19)27(38)8-5-9-27)32-26(33-24)37(3)23-17(28)11-16(12-18(23)29)41(4,39)40/h10-13,15,38H,5-9H2,1-4H3,(H2,31,32,33,34,35). The zero-order valence-corrected chi connectivity index (χ0v) is 23.8. The van der Waals surface area contributed by atoms with E-state index in [4.69, 9.17) is 9.97 Å². The van der Waals surface area contributed by atoms with Crippen LogP contribution in [0.25, 0.3) is 11.4 Å². The first kappa shape index (κ1) is 27.3. The molecule has 0 spiro atoms. The number of hydrogen-bond acceptors (Lipinski definition) is 9. The summed E-state index contributed by atoms with van der Waals surface area (Å²) in [6, 6.07) is 3.36. The third-order valence-electron chi connectivity index (χ3n) is 7.64. The van der Waals surface area contributed by atoms with Crippen LogP contribution in [-0.2, 0) is 22.5 Å². The molecule has 0 aliphatic heterocycles. The van der Waals surface area contributed by atoms with Gasteiger partial charge in [0.1, 0.15) is 34.3 Å². The van der Waals surface area contributed by atoms with Crippen molar-refractivity contribution in [2.45, 2.75) is 55.4 Å². The zero-order chi connectivity index (χ0) is 29.3.